The normalized spacial score (nSPS) is 15.4. The van der Waals surface area contributed by atoms with E-state index in [9.17, 15) is 13.2 Å². The van der Waals surface area contributed by atoms with Crippen LogP contribution in [-0.2, 0) is 10.0 Å². The van der Waals surface area contributed by atoms with E-state index in [4.69, 9.17) is 4.42 Å². The van der Waals surface area contributed by atoms with Crippen LogP contribution in [0.3, 0.4) is 0 Å². The van der Waals surface area contributed by atoms with Crippen molar-refractivity contribution in [1.29, 1.82) is 0 Å². The summed E-state index contributed by atoms with van der Waals surface area (Å²) < 4.78 is 32.6. The van der Waals surface area contributed by atoms with Gasteiger partial charge in [-0.1, -0.05) is 6.42 Å². The van der Waals surface area contributed by atoms with Crippen LogP contribution in [0.5, 0.6) is 0 Å². The predicted octanol–water partition coefficient (Wildman–Crippen LogP) is 3.55. The molecule has 1 aromatic heterocycles. The summed E-state index contributed by atoms with van der Waals surface area (Å²) in [6, 6.07) is 6.54. The molecule has 2 aromatic rings. The molecular weight excluding hydrogens is 378 g/mol. The summed E-state index contributed by atoms with van der Waals surface area (Å²) in [7, 11) is -3.59. The number of amides is 1. The lowest BCUT2D eigenvalue weighted by molar-refractivity contribution is 0.102. The lowest BCUT2D eigenvalue weighted by Crippen LogP contribution is -2.35. The Balaban J connectivity index is 1.98. The van der Waals surface area contributed by atoms with Crippen molar-refractivity contribution in [2.45, 2.75) is 38.0 Å². The van der Waals surface area contributed by atoms with Crippen molar-refractivity contribution in [2.24, 2.45) is 0 Å². The van der Waals surface area contributed by atoms with E-state index in [1.54, 1.807) is 24.3 Å². The second-order valence-corrected chi connectivity index (χ2v) is 8.72. The van der Waals surface area contributed by atoms with Crippen LogP contribution in [0.1, 0.15) is 43.5 Å². The van der Waals surface area contributed by atoms with Crippen molar-refractivity contribution in [1.82, 2.24) is 4.31 Å². The van der Waals surface area contributed by atoms with Crippen LogP contribution in [0.25, 0.3) is 0 Å². The van der Waals surface area contributed by atoms with Crippen LogP contribution in [-0.4, -0.2) is 44.8 Å². The lowest BCUT2D eigenvalue weighted by Gasteiger charge is -2.28. The van der Waals surface area contributed by atoms with Gasteiger partial charge in [-0.3, -0.25) is 4.79 Å². The first-order chi connectivity index (χ1) is 13.5. The molecule has 28 heavy (non-hydrogen) atoms. The van der Waals surface area contributed by atoms with Crippen LogP contribution in [0, 0.1) is 0 Å². The van der Waals surface area contributed by atoms with E-state index in [1.165, 1.54) is 16.8 Å². The number of nitrogens with one attached hydrogen (secondary N) is 1. The molecule has 1 aliphatic rings. The largest absolute Gasteiger partial charge is 0.472 e. The van der Waals surface area contributed by atoms with E-state index < -0.39 is 10.0 Å². The first-order valence-electron chi connectivity index (χ1n) is 9.70. The van der Waals surface area contributed by atoms with Crippen LogP contribution in [0.15, 0.2) is 46.1 Å². The summed E-state index contributed by atoms with van der Waals surface area (Å²) >= 11 is 0. The number of hydrogen-bond donors (Lipinski definition) is 1. The van der Waals surface area contributed by atoms with Crippen molar-refractivity contribution in [2.75, 3.05) is 36.4 Å². The highest BCUT2D eigenvalue weighted by atomic mass is 32.2. The summed E-state index contributed by atoms with van der Waals surface area (Å²) in [5.74, 6) is -0.338. The molecule has 1 N–H and O–H groups in total. The summed E-state index contributed by atoms with van der Waals surface area (Å²) in [5, 5.41) is 2.85. The van der Waals surface area contributed by atoms with Gasteiger partial charge in [-0.05, 0) is 51.0 Å². The van der Waals surface area contributed by atoms with Crippen molar-refractivity contribution >= 4 is 27.3 Å². The maximum absolute atomic E-state index is 13.1. The van der Waals surface area contributed by atoms with Crippen LogP contribution >= 0.6 is 0 Å². The van der Waals surface area contributed by atoms with Gasteiger partial charge in [-0.25, -0.2) is 8.42 Å². The van der Waals surface area contributed by atoms with Gasteiger partial charge in [-0.15, -0.1) is 0 Å². The highest BCUT2D eigenvalue weighted by Crippen LogP contribution is 2.31. The van der Waals surface area contributed by atoms with Gasteiger partial charge in [0.25, 0.3) is 5.91 Å². The Kier molecular flexibility index (Phi) is 6.41. The molecule has 0 unspecified atom stereocenters. The minimum atomic E-state index is -3.59. The van der Waals surface area contributed by atoms with E-state index in [0.717, 1.165) is 38.0 Å². The minimum Gasteiger partial charge on any atom is -0.472 e. The quantitative estimate of drug-likeness (QED) is 0.762. The fraction of sp³-hybridized carbons (Fsp3) is 0.450. The van der Waals surface area contributed by atoms with Gasteiger partial charge in [0, 0.05) is 26.2 Å². The third-order valence-corrected chi connectivity index (χ3v) is 6.95. The zero-order chi connectivity index (χ0) is 20.1. The number of hydrogen-bond acceptors (Lipinski definition) is 5. The second kappa shape index (κ2) is 8.79. The van der Waals surface area contributed by atoms with Gasteiger partial charge in [0.2, 0.25) is 10.0 Å². The first kappa shape index (κ1) is 20.4. The van der Waals surface area contributed by atoms with E-state index in [0.29, 0.717) is 24.3 Å². The van der Waals surface area contributed by atoms with E-state index >= 15 is 0 Å². The highest BCUT2D eigenvalue weighted by molar-refractivity contribution is 7.89. The van der Waals surface area contributed by atoms with Gasteiger partial charge in [-0.2, -0.15) is 4.31 Å². The molecule has 1 aliphatic heterocycles. The van der Waals surface area contributed by atoms with Crippen molar-refractivity contribution in [3.05, 3.63) is 42.4 Å². The van der Waals surface area contributed by atoms with Crippen molar-refractivity contribution in [3.63, 3.8) is 0 Å². The average Bonchev–Trinajstić information content (AvgIpc) is 3.25. The fourth-order valence-electron chi connectivity index (χ4n) is 3.46. The molecule has 2 heterocycles. The number of furan rings is 1. The molecule has 8 heteroatoms. The van der Waals surface area contributed by atoms with Gasteiger partial charge >= 0.3 is 0 Å². The Bertz CT molecular complexity index is 900. The molecular formula is C20H27N3O4S. The Morgan fingerprint density at radius 2 is 1.86 bits per heavy atom. The van der Waals surface area contributed by atoms with Crippen LogP contribution in [0.4, 0.5) is 11.4 Å². The minimum absolute atomic E-state index is 0.202. The molecule has 1 amide bonds. The molecule has 152 valence electrons. The highest BCUT2D eigenvalue weighted by Gasteiger charge is 2.27. The van der Waals surface area contributed by atoms with Gasteiger partial charge in [0.15, 0.2) is 0 Å². The molecule has 0 bridgehead atoms. The SMILES string of the molecule is CCN(CC)c1ccc(S(=O)(=O)N2CCCCC2)cc1NC(=O)c1ccoc1. The number of carbonyl (C=O) groups excluding carboxylic acids is 1. The fourth-order valence-corrected chi connectivity index (χ4v) is 5.00. The Labute approximate surface area is 166 Å². The topological polar surface area (TPSA) is 82.9 Å². The summed E-state index contributed by atoms with van der Waals surface area (Å²) in [6.45, 7) is 6.59. The third-order valence-electron chi connectivity index (χ3n) is 5.06. The zero-order valence-corrected chi connectivity index (χ0v) is 17.2. The summed E-state index contributed by atoms with van der Waals surface area (Å²) in [5.41, 5.74) is 1.65. The van der Waals surface area contributed by atoms with Crippen molar-refractivity contribution < 1.29 is 17.6 Å². The van der Waals surface area contributed by atoms with Gasteiger partial charge in [0.05, 0.1) is 28.1 Å². The predicted molar refractivity (Wildman–Crippen MR) is 109 cm³/mol. The molecule has 1 fully saturated rings. The van der Waals surface area contributed by atoms with Gasteiger partial charge < -0.3 is 14.6 Å². The smallest absolute Gasteiger partial charge is 0.258 e. The number of anilines is 2. The molecule has 7 nitrogen and oxygen atoms in total. The molecule has 0 aliphatic carbocycles. The molecule has 0 spiro atoms. The Hall–Kier alpha value is -2.32. The molecule has 1 saturated heterocycles. The van der Waals surface area contributed by atoms with Crippen LogP contribution < -0.4 is 10.2 Å². The van der Waals surface area contributed by atoms with Crippen LogP contribution in [0.2, 0.25) is 0 Å². The Morgan fingerprint density at radius 3 is 2.46 bits per heavy atom. The number of piperidine rings is 1. The lowest BCUT2D eigenvalue weighted by atomic mass is 10.2. The second-order valence-electron chi connectivity index (χ2n) is 6.78. The monoisotopic (exact) mass is 405 g/mol. The van der Waals surface area contributed by atoms with Crippen molar-refractivity contribution in [3.8, 4) is 0 Å². The standard InChI is InChI=1S/C20H27N3O4S/c1-3-22(4-2)19-9-8-17(28(25,26)23-11-6-5-7-12-23)14-18(19)21-20(24)16-10-13-27-15-16/h8-10,13-15H,3-7,11-12H2,1-2H3,(H,21,24). The van der Waals surface area contributed by atoms with E-state index in [2.05, 4.69) is 10.2 Å². The maximum Gasteiger partial charge on any atom is 0.258 e. The number of carbonyl (C=O) groups is 1. The summed E-state index contributed by atoms with van der Waals surface area (Å²) in [4.78, 5) is 14.8. The zero-order valence-electron chi connectivity index (χ0n) is 16.3. The number of benzene rings is 1. The van der Waals surface area contributed by atoms with E-state index in [1.807, 2.05) is 13.8 Å². The van der Waals surface area contributed by atoms with Gasteiger partial charge in [0.1, 0.15) is 6.26 Å². The molecule has 0 atom stereocenters. The number of nitrogens with zero attached hydrogens (tertiary/aromatic N) is 2. The Morgan fingerprint density at radius 1 is 1.14 bits per heavy atom. The van der Waals surface area contributed by atoms with E-state index in [-0.39, 0.29) is 10.8 Å². The maximum atomic E-state index is 13.1. The third kappa shape index (κ3) is 4.23. The number of sulfonamides is 1. The molecule has 0 radical (unpaired) electrons. The molecule has 0 saturated carbocycles. The number of rotatable bonds is 7. The molecule has 1 aromatic carbocycles. The molecule has 3 rings (SSSR count). The summed E-state index contributed by atoms with van der Waals surface area (Å²) in [6.07, 6.45) is 5.60. The average molecular weight is 406 g/mol. The first-order valence-corrected chi connectivity index (χ1v) is 11.1.